The van der Waals surface area contributed by atoms with Gasteiger partial charge in [0.2, 0.25) is 11.8 Å². The van der Waals surface area contributed by atoms with Crippen molar-refractivity contribution in [3.05, 3.63) is 101 Å². The molecule has 0 spiro atoms. The highest BCUT2D eigenvalue weighted by atomic mass is 35.5. The number of rotatable bonds is 11. The molecule has 0 aliphatic rings. The smallest absolute Gasteiger partial charge is 0.242 e. The monoisotopic (exact) mass is 478 g/mol. The summed E-state index contributed by atoms with van der Waals surface area (Å²) in [5, 5.41) is 3.29. The van der Waals surface area contributed by atoms with Crippen molar-refractivity contribution in [2.75, 3.05) is 13.7 Å². The Balaban J connectivity index is 1.75. The molecule has 0 aliphatic heterocycles. The van der Waals surface area contributed by atoms with E-state index in [4.69, 9.17) is 16.3 Å². The molecule has 3 aromatic rings. The molecule has 178 valence electrons. The van der Waals surface area contributed by atoms with Crippen LogP contribution in [0.4, 0.5) is 0 Å². The number of amides is 2. The van der Waals surface area contributed by atoms with Gasteiger partial charge in [0.25, 0.3) is 0 Å². The van der Waals surface area contributed by atoms with Gasteiger partial charge in [-0.2, -0.15) is 0 Å². The van der Waals surface area contributed by atoms with Crippen LogP contribution in [0.25, 0.3) is 0 Å². The van der Waals surface area contributed by atoms with E-state index >= 15 is 0 Å². The number of carbonyl (C=O) groups is 2. The molecule has 0 aromatic heterocycles. The Kier molecular flexibility index (Phi) is 9.53. The summed E-state index contributed by atoms with van der Waals surface area (Å²) >= 11 is 6.40. The molecule has 3 aromatic carbocycles. The predicted molar refractivity (Wildman–Crippen MR) is 136 cm³/mol. The molecule has 0 heterocycles. The van der Waals surface area contributed by atoms with Gasteiger partial charge in [-0.05, 0) is 42.7 Å². The SMILES string of the molecule is CNC(=O)C(Cc1ccccc1)N(Cc1ccccc1Cl)C(=O)CCCOc1ccc(C)cc1. The van der Waals surface area contributed by atoms with Crippen molar-refractivity contribution in [3.8, 4) is 5.75 Å². The van der Waals surface area contributed by atoms with Crippen molar-refractivity contribution in [1.29, 1.82) is 0 Å². The maximum absolute atomic E-state index is 13.4. The van der Waals surface area contributed by atoms with Gasteiger partial charge in [-0.1, -0.05) is 77.8 Å². The number of ether oxygens (including phenoxy) is 1. The summed E-state index contributed by atoms with van der Waals surface area (Å²) in [6.07, 6.45) is 1.21. The molecule has 3 rings (SSSR count). The number of aryl methyl sites for hydroxylation is 1. The normalized spacial score (nSPS) is 11.5. The van der Waals surface area contributed by atoms with Crippen molar-refractivity contribution in [2.24, 2.45) is 0 Å². The number of hydrogen-bond donors (Lipinski definition) is 1. The minimum Gasteiger partial charge on any atom is -0.494 e. The number of nitrogens with zero attached hydrogens (tertiary/aromatic N) is 1. The van der Waals surface area contributed by atoms with E-state index in [1.807, 2.05) is 79.7 Å². The van der Waals surface area contributed by atoms with Crippen molar-refractivity contribution in [3.63, 3.8) is 0 Å². The third-order valence-corrected chi connectivity index (χ3v) is 6.01. The van der Waals surface area contributed by atoms with Gasteiger partial charge >= 0.3 is 0 Å². The Morgan fingerprint density at radius 3 is 2.32 bits per heavy atom. The second-order valence-corrected chi connectivity index (χ2v) is 8.61. The molecule has 0 aliphatic carbocycles. The number of nitrogens with one attached hydrogen (secondary N) is 1. The van der Waals surface area contributed by atoms with Crippen LogP contribution in [0.2, 0.25) is 5.02 Å². The molecule has 5 nitrogen and oxygen atoms in total. The molecule has 34 heavy (non-hydrogen) atoms. The molecular formula is C28H31ClN2O3. The van der Waals surface area contributed by atoms with Crippen LogP contribution in [0, 0.1) is 6.92 Å². The van der Waals surface area contributed by atoms with E-state index in [9.17, 15) is 9.59 Å². The van der Waals surface area contributed by atoms with Crippen LogP contribution >= 0.6 is 11.6 Å². The van der Waals surface area contributed by atoms with Gasteiger partial charge in [-0.25, -0.2) is 0 Å². The van der Waals surface area contributed by atoms with Gasteiger partial charge in [-0.15, -0.1) is 0 Å². The lowest BCUT2D eigenvalue weighted by atomic mass is 10.0. The summed E-state index contributed by atoms with van der Waals surface area (Å²) in [6, 6.07) is 24.3. The molecule has 0 bridgehead atoms. The standard InChI is InChI=1S/C28H31ClN2O3/c1-21-14-16-24(17-15-21)34-18-8-13-27(32)31(20-23-11-6-7-12-25(23)29)26(28(33)30-2)19-22-9-4-3-5-10-22/h3-7,9-12,14-17,26H,8,13,18-20H2,1-2H3,(H,30,33). The lowest BCUT2D eigenvalue weighted by molar-refractivity contribution is -0.141. The fraction of sp³-hybridized carbons (Fsp3) is 0.286. The Labute approximate surface area is 206 Å². The number of hydrogen-bond acceptors (Lipinski definition) is 3. The zero-order valence-corrected chi connectivity index (χ0v) is 20.4. The molecule has 0 fully saturated rings. The maximum atomic E-state index is 13.4. The first kappa shape index (κ1) is 25.3. The van der Waals surface area contributed by atoms with E-state index < -0.39 is 6.04 Å². The lowest BCUT2D eigenvalue weighted by Gasteiger charge is -2.31. The molecule has 6 heteroatoms. The number of benzene rings is 3. The van der Waals surface area contributed by atoms with Gasteiger partial charge in [-0.3, -0.25) is 9.59 Å². The molecule has 0 saturated carbocycles. The first-order valence-corrected chi connectivity index (χ1v) is 11.8. The van der Waals surface area contributed by atoms with Crippen molar-refractivity contribution in [2.45, 2.75) is 38.8 Å². The molecule has 1 unspecified atom stereocenters. The summed E-state index contributed by atoms with van der Waals surface area (Å²) in [5.74, 6) is 0.454. The highest BCUT2D eigenvalue weighted by Gasteiger charge is 2.29. The van der Waals surface area contributed by atoms with Crippen LogP contribution < -0.4 is 10.1 Å². The van der Waals surface area contributed by atoms with Crippen LogP contribution in [-0.2, 0) is 22.6 Å². The fourth-order valence-electron chi connectivity index (χ4n) is 3.72. The van der Waals surface area contributed by atoms with Crippen molar-refractivity contribution in [1.82, 2.24) is 10.2 Å². The van der Waals surface area contributed by atoms with Gasteiger partial charge in [0, 0.05) is 31.5 Å². The highest BCUT2D eigenvalue weighted by molar-refractivity contribution is 6.31. The van der Waals surface area contributed by atoms with E-state index in [0.717, 1.165) is 22.4 Å². The minimum atomic E-state index is -0.658. The third kappa shape index (κ3) is 7.35. The summed E-state index contributed by atoms with van der Waals surface area (Å²) in [7, 11) is 1.59. The average Bonchev–Trinajstić information content (AvgIpc) is 2.86. The van der Waals surface area contributed by atoms with Crippen LogP contribution in [-0.4, -0.2) is 36.4 Å². The van der Waals surface area contributed by atoms with Crippen LogP contribution in [0.15, 0.2) is 78.9 Å². The highest BCUT2D eigenvalue weighted by Crippen LogP contribution is 2.21. The Morgan fingerprint density at radius 2 is 1.65 bits per heavy atom. The summed E-state index contributed by atoms with van der Waals surface area (Å²) in [6.45, 7) is 2.69. The maximum Gasteiger partial charge on any atom is 0.242 e. The quantitative estimate of drug-likeness (QED) is 0.386. The Hall–Kier alpha value is -3.31. The summed E-state index contributed by atoms with van der Waals surface area (Å²) in [5.41, 5.74) is 2.95. The van der Waals surface area contributed by atoms with Gasteiger partial charge in [0.15, 0.2) is 0 Å². The van der Waals surface area contributed by atoms with Crippen LogP contribution in [0.5, 0.6) is 5.75 Å². The number of likely N-dealkylation sites (N-methyl/N-ethyl adjacent to an activating group) is 1. The first-order chi connectivity index (χ1) is 16.5. The molecule has 1 atom stereocenters. The number of halogens is 1. The molecule has 1 N–H and O–H groups in total. The number of carbonyl (C=O) groups excluding carboxylic acids is 2. The lowest BCUT2D eigenvalue weighted by Crippen LogP contribution is -2.49. The van der Waals surface area contributed by atoms with Crippen LogP contribution in [0.3, 0.4) is 0 Å². The van der Waals surface area contributed by atoms with Gasteiger partial charge < -0.3 is 15.0 Å². The van der Waals surface area contributed by atoms with Crippen LogP contribution in [0.1, 0.15) is 29.5 Å². The van der Waals surface area contributed by atoms with E-state index in [1.165, 1.54) is 0 Å². The Morgan fingerprint density at radius 1 is 0.971 bits per heavy atom. The molecular weight excluding hydrogens is 448 g/mol. The van der Waals surface area contributed by atoms with Gasteiger partial charge in [0.05, 0.1) is 6.61 Å². The van der Waals surface area contributed by atoms with E-state index in [2.05, 4.69) is 5.32 Å². The van der Waals surface area contributed by atoms with Gasteiger partial charge in [0.1, 0.15) is 11.8 Å². The predicted octanol–water partition coefficient (Wildman–Crippen LogP) is 5.19. The first-order valence-electron chi connectivity index (χ1n) is 11.5. The second-order valence-electron chi connectivity index (χ2n) is 8.20. The zero-order chi connectivity index (χ0) is 24.3. The fourth-order valence-corrected chi connectivity index (χ4v) is 3.92. The second kappa shape index (κ2) is 12.8. The van der Waals surface area contributed by atoms with Crippen molar-refractivity contribution >= 4 is 23.4 Å². The molecule has 0 saturated heterocycles. The van der Waals surface area contributed by atoms with E-state index in [0.29, 0.717) is 24.5 Å². The molecule has 0 radical (unpaired) electrons. The minimum absolute atomic E-state index is 0.114. The third-order valence-electron chi connectivity index (χ3n) is 5.64. The topological polar surface area (TPSA) is 58.6 Å². The van der Waals surface area contributed by atoms with Crippen molar-refractivity contribution < 1.29 is 14.3 Å². The van der Waals surface area contributed by atoms with E-state index in [-0.39, 0.29) is 24.8 Å². The molecule has 2 amide bonds. The van der Waals surface area contributed by atoms with E-state index in [1.54, 1.807) is 18.0 Å². The Bertz CT molecular complexity index is 1070. The summed E-state index contributed by atoms with van der Waals surface area (Å²) < 4.78 is 5.78. The largest absolute Gasteiger partial charge is 0.494 e. The average molecular weight is 479 g/mol. The zero-order valence-electron chi connectivity index (χ0n) is 19.7. The summed E-state index contributed by atoms with van der Waals surface area (Å²) in [4.78, 5) is 28.0.